The quantitative estimate of drug-likeness (QED) is 0.780. The molecule has 2 aliphatic heterocycles. The van der Waals surface area contributed by atoms with Crippen LogP contribution in [-0.4, -0.2) is 72.5 Å². The highest BCUT2D eigenvalue weighted by Crippen LogP contribution is 2.11. The summed E-state index contributed by atoms with van der Waals surface area (Å²) in [6.07, 6.45) is 4.77. The number of likely N-dealkylation sites (tertiary alicyclic amines) is 1. The van der Waals surface area contributed by atoms with Crippen molar-refractivity contribution >= 4 is 11.9 Å². The van der Waals surface area contributed by atoms with Gasteiger partial charge in [-0.3, -0.25) is 9.69 Å². The van der Waals surface area contributed by atoms with Gasteiger partial charge in [0.1, 0.15) is 0 Å². The zero-order chi connectivity index (χ0) is 18.9. The van der Waals surface area contributed by atoms with Gasteiger partial charge in [-0.05, 0) is 24.8 Å². The van der Waals surface area contributed by atoms with Crippen LogP contribution in [0.15, 0.2) is 30.3 Å². The van der Waals surface area contributed by atoms with Crippen LogP contribution in [0.1, 0.15) is 37.7 Å². The summed E-state index contributed by atoms with van der Waals surface area (Å²) in [6, 6.07) is 10.5. The molecule has 3 rings (SSSR count). The molecule has 0 aliphatic carbocycles. The molecule has 1 N–H and O–H groups in total. The van der Waals surface area contributed by atoms with Crippen LogP contribution in [-0.2, 0) is 11.3 Å². The van der Waals surface area contributed by atoms with E-state index >= 15 is 0 Å². The van der Waals surface area contributed by atoms with Gasteiger partial charge in [-0.2, -0.15) is 0 Å². The van der Waals surface area contributed by atoms with E-state index in [-0.39, 0.29) is 11.9 Å². The van der Waals surface area contributed by atoms with Crippen molar-refractivity contribution in [2.75, 3.05) is 45.8 Å². The molecular weight excluding hydrogens is 340 g/mol. The number of piperazine rings is 1. The van der Waals surface area contributed by atoms with Crippen molar-refractivity contribution in [3.05, 3.63) is 35.9 Å². The molecular formula is C21H32N4O2. The first kappa shape index (κ1) is 19.7. The van der Waals surface area contributed by atoms with Crippen LogP contribution < -0.4 is 5.32 Å². The standard InChI is InChI=1S/C21H32N4O2/c26-20-10-5-2-6-12-24(20)13-7-11-22-21(27)25-16-14-23(15-17-25)18-19-8-3-1-4-9-19/h1,3-4,8-9H,2,5-7,10-18H2,(H,22,27). The monoisotopic (exact) mass is 372 g/mol. The number of benzene rings is 1. The molecule has 0 atom stereocenters. The number of hydrogen-bond donors (Lipinski definition) is 1. The van der Waals surface area contributed by atoms with E-state index in [0.29, 0.717) is 13.0 Å². The predicted molar refractivity (Wildman–Crippen MR) is 106 cm³/mol. The van der Waals surface area contributed by atoms with E-state index in [1.54, 1.807) is 0 Å². The van der Waals surface area contributed by atoms with Gasteiger partial charge in [0.05, 0.1) is 0 Å². The fraction of sp³-hybridized carbons (Fsp3) is 0.619. The Labute approximate surface area is 162 Å². The van der Waals surface area contributed by atoms with Crippen molar-refractivity contribution in [1.29, 1.82) is 0 Å². The lowest BCUT2D eigenvalue weighted by Crippen LogP contribution is -2.51. The van der Waals surface area contributed by atoms with Crippen molar-refractivity contribution in [1.82, 2.24) is 20.0 Å². The normalized spacial score (nSPS) is 19.0. The fourth-order valence-electron chi connectivity index (χ4n) is 3.80. The third-order valence-electron chi connectivity index (χ3n) is 5.46. The van der Waals surface area contributed by atoms with Gasteiger partial charge < -0.3 is 15.1 Å². The van der Waals surface area contributed by atoms with E-state index < -0.39 is 0 Å². The van der Waals surface area contributed by atoms with E-state index in [9.17, 15) is 9.59 Å². The average molecular weight is 373 g/mol. The third-order valence-corrected chi connectivity index (χ3v) is 5.46. The summed E-state index contributed by atoms with van der Waals surface area (Å²) < 4.78 is 0. The average Bonchev–Trinajstić information content (AvgIpc) is 2.90. The molecule has 0 spiro atoms. The Kier molecular flexibility index (Phi) is 7.51. The Hall–Kier alpha value is -2.08. The second-order valence-corrected chi connectivity index (χ2v) is 7.53. The number of nitrogens with one attached hydrogen (secondary N) is 1. The Bertz CT molecular complexity index is 599. The highest BCUT2D eigenvalue weighted by atomic mass is 16.2. The maximum absolute atomic E-state index is 12.3. The minimum Gasteiger partial charge on any atom is -0.343 e. The van der Waals surface area contributed by atoms with Gasteiger partial charge in [0.25, 0.3) is 0 Å². The number of carbonyl (C=O) groups excluding carboxylic acids is 2. The summed E-state index contributed by atoms with van der Waals surface area (Å²) in [6.45, 7) is 6.55. The molecule has 148 valence electrons. The van der Waals surface area contributed by atoms with E-state index in [2.05, 4.69) is 34.5 Å². The van der Waals surface area contributed by atoms with E-state index in [1.807, 2.05) is 15.9 Å². The molecule has 0 bridgehead atoms. The Morgan fingerprint density at radius 1 is 0.963 bits per heavy atom. The molecule has 0 unspecified atom stereocenters. The molecule has 2 saturated heterocycles. The van der Waals surface area contributed by atoms with Gasteiger partial charge in [-0.15, -0.1) is 0 Å². The summed E-state index contributed by atoms with van der Waals surface area (Å²) in [5.41, 5.74) is 1.32. The molecule has 0 radical (unpaired) electrons. The summed E-state index contributed by atoms with van der Waals surface area (Å²) in [5.74, 6) is 0.272. The molecule has 0 saturated carbocycles. The first-order valence-electron chi connectivity index (χ1n) is 10.3. The molecule has 2 aliphatic rings. The smallest absolute Gasteiger partial charge is 0.317 e. The minimum atomic E-state index is 0.0246. The molecule has 1 aromatic carbocycles. The first-order chi connectivity index (χ1) is 13.2. The SMILES string of the molecule is O=C1CCCCCN1CCCNC(=O)N1CCN(Cc2ccccc2)CC1. The van der Waals surface area contributed by atoms with Gasteiger partial charge in [0.2, 0.25) is 5.91 Å². The second kappa shape index (κ2) is 10.3. The zero-order valence-electron chi connectivity index (χ0n) is 16.2. The zero-order valence-corrected chi connectivity index (χ0v) is 16.2. The highest BCUT2D eigenvalue weighted by molar-refractivity contribution is 5.76. The lowest BCUT2D eigenvalue weighted by Gasteiger charge is -2.34. The number of nitrogens with zero attached hydrogens (tertiary/aromatic N) is 3. The summed E-state index contributed by atoms with van der Waals surface area (Å²) >= 11 is 0. The number of carbonyl (C=O) groups is 2. The molecule has 1 aromatic rings. The minimum absolute atomic E-state index is 0.0246. The van der Waals surface area contributed by atoms with Gasteiger partial charge >= 0.3 is 6.03 Å². The van der Waals surface area contributed by atoms with Crippen molar-refractivity contribution in [3.8, 4) is 0 Å². The topological polar surface area (TPSA) is 55.9 Å². The Morgan fingerprint density at radius 3 is 2.52 bits per heavy atom. The molecule has 3 amide bonds. The van der Waals surface area contributed by atoms with Crippen molar-refractivity contribution in [2.45, 2.75) is 38.6 Å². The number of urea groups is 1. The van der Waals surface area contributed by atoms with Crippen LogP contribution >= 0.6 is 0 Å². The summed E-state index contributed by atoms with van der Waals surface area (Å²) in [5, 5.41) is 3.02. The summed E-state index contributed by atoms with van der Waals surface area (Å²) in [4.78, 5) is 30.6. The van der Waals surface area contributed by atoms with Crippen LogP contribution in [0.25, 0.3) is 0 Å². The fourth-order valence-corrected chi connectivity index (χ4v) is 3.80. The molecule has 6 heteroatoms. The lowest BCUT2D eigenvalue weighted by molar-refractivity contribution is -0.130. The van der Waals surface area contributed by atoms with Crippen LogP contribution in [0.5, 0.6) is 0 Å². The van der Waals surface area contributed by atoms with Gasteiger partial charge in [-0.25, -0.2) is 4.79 Å². The maximum Gasteiger partial charge on any atom is 0.317 e. The van der Waals surface area contributed by atoms with Crippen LogP contribution in [0.4, 0.5) is 4.79 Å². The van der Waals surface area contributed by atoms with Crippen LogP contribution in [0.2, 0.25) is 0 Å². The highest BCUT2D eigenvalue weighted by Gasteiger charge is 2.21. The predicted octanol–water partition coefficient (Wildman–Crippen LogP) is 2.31. The van der Waals surface area contributed by atoms with E-state index in [1.165, 1.54) is 5.56 Å². The number of amides is 3. The lowest BCUT2D eigenvalue weighted by atomic mass is 10.2. The molecule has 2 heterocycles. The van der Waals surface area contributed by atoms with Crippen molar-refractivity contribution in [2.24, 2.45) is 0 Å². The molecule has 2 fully saturated rings. The maximum atomic E-state index is 12.3. The van der Waals surface area contributed by atoms with Crippen LogP contribution in [0, 0.1) is 0 Å². The largest absolute Gasteiger partial charge is 0.343 e. The van der Waals surface area contributed by atoms with Crippen molar-refractivity contribution < 1.29 is 9.59 Å². The third kappa shape index (κ3) is 6.24. The van der Waals surface area contributed by atoms with E-state index in [0.717, 1.165) is 71.5 Å². The number of hydrogen-bond acceptors (Lipinski definition) is 3. The van der Waals surface area contributed by atoms with Gasteiger partial charge in [0, 0.05) is 58.8 Å². The van der Waals surface area contributed by atoms with Crippen molar-refractivity contribution in [3.63, 3.8) is 0 Å². The van der Waals surface area contributed by atoms with E-state index in [4.69, 9.17) is 0 Å². The number of rotatable bonds is 6. The Morgan fingerprint density at radius 2 is 1.74 bits per heavy atom. The Balaban J connectivity index is 1.31. The molecule has 0 aromatic heterocycles. The van der Waals surface area contributed by atoms with Crippen LogP contribution in [0.3, 0.4) is 0 Å². The molecule has 27 heavy (non-hydrogen) atoms. The molecule has 6 nitrogen and oxygen atoms in total. The first-order valence-corrected chi connectivity index (χ1v) is 10.3. The summed E-state index contributed by atoms with van der Waals surface area (Å²) in [7, 11) is 0. The second-order valence-electron chi connectivity index (χ2n) is 7.53. The van der Waals surface area contributed by atoms with Gasteiger partial charge in [0.15, 0.2) is 0 Å². The van der Waals surface area contributed by atoms with Gasteiger partial charge in [-0.1, -0.05) is 36.8 Å².